The van der Waals surface area contributed by atoms with E-state index in [2.05, 4.69) is 6.07 Å². The third kappa shape index (κ3) is 6.69. The first-order chi connectivity index (χ1) is 13.9. The predicted octanol–water partition coefficient (Wildman–Crippen LogP) is 4.82. The molecular formula is C23H35NO5. The van der Waals surface area contributed by atoms with Crippen molar-refractivity contribution >= 4 is 6.09 Å². The van der Waals surface area contributed by atoms with Crippen molar-refractivity contribution in [3.8, 4) is 0 Å². The molecule has 29 heavy (non-hydrogen) atoms. The van der Waals surface area contributed by atoms with Crippen LogP contribution in [-0.4, -0.2) is 49.2 Å². The summed E-state index contributed by atoms with van der Waals surface area (Å²) in [6.07, 6.45) is 5.10. The van der Waals surface area contributed by atoms with Gasteiger partial charge in [0, 0.05) is 31.9 Å². The number of fused-ring (bicyclic) bond motifs is 1. The van der Waals surface area contributed by atoms with E-state index in [9.17, 15) is 4.79 Å². The number of carbonyl (C=O) groups is 1. The van der Waals surface area contributed by atoms with Gasteiger partial charge in [-0.1, -0.05) is 24.3 Å². The molecule has 0 N–H and O–H groups in total. The largest absolute Gasteiger partial charge is 0.444 e. The molecular weight excluding hydrogens is 370 g/mol. The summed E-state index contributed by atoms with van der Waals surface area (Å²) >= 11 is 0. The standard InChI is InChI=1S/C23H35NO5/c1-23(2,3)29-22(25)24-14-13-18-10-4-5-11-19(18)21(24)28-17-9-8-16-27-20-12-6-7-15-26-20/h4-5,10-11,20-21H,6-9,12-17H2,1-3H3. The highest BCUT2D eigenvalue weighted by atomic mass is 16.7. The predicted molar refractivity (Wildman–Crippen MR) is 111 cm³/mol. The Morgan fingerprint density at radius 2 is 1.90 bits per heavy atom. The zero-order chi connectivity index (χ0) is 20.7. The fourth-order valence-electron chi connectivity index (χ4n) is 3.67. The third-order valence-electron chi connectivity index (χ3n) is 5.11. The lowest BCUT2D eigenvalue weighted by Crippen LogP contribution is -2.44. The number of amides is 1. The van der Waals surface area contributed by atoms with Crippen LogP contribution in [0.4, 0.5) is 4.79 Å². The molecule has 1 fully saturated rings. The van der Waals surface area contributed by atoms with Crippen molar-refractivity contribution in [2.24, 2.45) is 0 Å². The molecule has 1 aromatic rings. The smallest absolute Gasteiger partial charge is 0.412 e. The number of hydrogen-bond donors (Lipinski definition) is 0. The minimum atomic E-state index is -0.531. The number of hydrogen-bond acceptors (Lipinski definition) is 5. The van der Waals surface area contributed by atoms with Crippen LogP contribution in [0.2, 0.25) is 0 Å². The van der Waals surface area contributed by atoms with E-state index in [0.29, 0.717) is 19.8 Å². The van der Waals surface area contributed by atoms with Crippen LogP contribution in [0.1, 0.15) is 70.2 Å². The Morgan fingerprint density at radius 1 is 1.14 bits per heavy atom. The zero-order valence-electron chi connectivity index (χ0n) is 18.0. The van der Waals surface area contributed by atoms with Gasteiger partial charge in [-0.05, 0) is 64.9 Å². The molecule has 0 spiro atoms. The van der Waals surface area contributed by atoms with Crippen molar-refractivity contribution in [1.29, 1.82) is 0 Å². The summed E-state index contributed by atoms with van der Waals surface area (Å²) in [6, 6.07) is 8.17. The molecule has 2 unspecified atom stereocenters. The molecule has 0 aliphatic carbocycles. The molecule has 1 aromatic carbocycles. The monoisotopic (exact) mass is 405 g/mol. The maximum absolute atomic E-state index is 12.7. The van der Waals surface area contributed by atoms with Crippen LogP contribution in [0.25, 0.3) is 0 Å². The van der Waals surface area contributed by atoms with Crippen LogP contribution in [-0.2, 0) is 25.4 Å². The Morgan fingerprint density at radius 3 is 2.62 bits per heavy atom. The van der Waals surface area contributed by atoms with E-state index in [-0.39, 0.29) is 12.4 Å². The second kappa shape index (κ2) is 10.4. The van der Waals surface area contributed by atoms with E-state index >= 15 is 0 Å². The van der Waals surface area contributed by atoms with Gasteiger partial charge in [-0.15, -0.1) is 0 Å². The number of carbonyl (C=O) groups excluding carboxylic acids is 1. The lowest BCUT2D eigenvalue weighted by Gasteiger charge is -2.37. The van der Waals surface area contributed by atoms with Gasteiger partial charge in [0.15, 0.2) is 12.5 Å². The maximum atomic E-state index is 12.7. The number of ether oxygens (including phenoxy) is 4. The molecule has 6 heteroatoms. The van der Waals surface area contributed by atoms with Gasteiger partial charge in [0.25, 0.3) is 0 Å². The van der Waals surface area contributed by atoms with Gasteiger partial charge in [-0.2, -0.15) is 0 Å². The number of unbranched alkanes of at least 4 members (excludes halogenated alkanes) is 1. The summed E-state index contributed by atoms with van der Waals surface area (Å²) in [5, 5.41) is 0. The SMILES string of the molecule is CC(C)(C)OC(=O)N1CCc2ccccc2C1OCCCCOC1CCCCO1. The van der Waals surface area contributed by atoms with Crippen LogP contribution >= 0.6 is 0 Å². The molecule has 2 heterocycles. The van der Waals surface area contributed by atoms with Crippen molar-refractivity contribution in [2.75, 3.05) is 26.4 Å². The highest BCUT2D eigenvalue weighted by Gasteiger charge is 2.34. The lowest BCUT2D eigenvalue weighted by atomic mass is 9.98. The van der Waals surface area contributed by atoms with Gasteiger partial charge in [0.2, 0.25) is 0 Å². The van der Waals surface area contributed by atoms with Crippen LogP contribution in [0.5, 0.6) is 0 Å². The molecule has 0 saturated carbocycles. The van der Waals surface area contributed by atoms with E-state index in [1.807, 2.05) is 39.0 Å². The summed E-state index contributed by atoms with van der Waals surface area (Å²) in [6.45, 7) is 8.28. The first kappa shape index (κ1) is 22.1. The molecule has 2 aliphatic rings. The van der Waals surface area contributed by atoms with Gasteiger partial charge in [0.1, 0.15) is 5.60 Å². The Bertz CT molecular complexity index is 651. The van der Waals surface area contributed by atoms with Crippen molar-refractivity contribution in [1.82, 2.24) is 4.90 Å². The molecule has 0 aromatic heterocycles. The molecule has 0 radical (unpaired) electrons. The van der Waals surface area contributed by atoms with E-state index in [1.165, 1.54) is 12.0 Å². The Hall–Kier alpha value is -1.63. The van der Waals surface area contributed by atoms with E-state index in [1.54, 1.807) is 4.90 Å². The fourth-order valence-corrected chi connectivity index (χ4v) is 3.67. The molecule has 1 saturated heterocycles. The molecule has 1 amide bonds. The van der Waals surface area contributed by atoms with Gasteiger partial charge >= 0.3 is 6.09 Å². The zero-order valence-corrected chi connectivity index (χ0v) is 18.0. The maximum Gasteiger partial charge on any atom is 0.412 e. The van der Waals surface area contributed by atoms with Gasteiger partial charge < -0.3 is 18.9 Å². The van der Waals surface area contributed by atoms with Gasteiger partial charge in [-0.25, -0.2) is 4.79 Å². The average molecular weight is 406 g/mol. The first-order valence-corrected chi connectivity index (χ1v) is 10.9. The van der Waals surface area contributed by atoms with Crippen molar-refractivity contribution in [3.05, 3.63) is 35.4 Å². The average Bonchev–Trinajstić information content (AvgIpc) is 2.70. The normalized spacial score (nSPS) is 22.2. The Kier molecular flexibility index (Phi) is 7.92. The summed E-state index contributed by atoms with van der Waals surface area (Å²) in [5.74, 6) is 0. The highest BCUT2D eigenvalue weighted by molar-refractivity contribution is 5.69. The van der Waals surface area contributed by atoms with Crippen LogP contribution in [0, 0.1) is 0 Å². The van der Waals surface area contributed by atoms with Crippen LogP contribution < -0.4 is 0 Å². The Labute approximate surface area is 174 Å². The lowest BCUT2D eigenvalue weighted by molar-refractivity contribution is -0.163. The van der Waals surface area contributed by atoms with Crippen molar-refractivity contribution < 1.29 is 23.7 Å². The minimum Gasteiger partial charge on any atom is -0.444 e. The van der Waals surface area contributed by atoms with E-state index < -0.39 is 11.8 Å². The number of nitrogens with zero attached hydrogens (tertiary/aromatic N) is 1. The van der Waals surface area contributed by atoms with E-state index in [4.69, 9.17) is 18.9 Å². The summed E-state index contributed by atoms with van der Waals surface area (Å²) in [5.41, 5.74) is 1.75. The van der Waals surface area contributed by atoms with Gasteiger partial charge in [-0.3, -0.25) is 4.90 Å². The van der Waals surface area contributed by atoms with Crippen LogP contribution in [0.15, 0.2) is 24.3 Å². The molecule has 3 rings (SSSR count). The molecule has 2 aliphatic heterocycles. The number of rotatable bonds is 7. The second-order valence-corrected chi connectivity index (χ2v) is 8.72. The quantitative estimate of drug-likeness (QED) is 0.609. The van der Waals surface area contributed by atoms with Crippen molar-refractivity contribution in [2.45, 2.75) is 77.4 Å². The third-order valence-corrected chi connectivity index (χ3v) is 5.11. The molecule has 6 nitrogen and oxygen atoms in total. The van der Waals surface area contributed by atoms with Crippen LogP contribution in [0.3, 0.4) is 0 Å². The minimum absolute atomic E-state index is 0.0439. The summed E-state index contributed by atoms with van der Waals surface area (Å²) in [7, 11) is 0. The topological polar surface area (TPSA) is 57.2 Å². The van der Waals surface area contributed by atoms with E-state index in [0.717, 1.165) is 44.3 Å². The number of benzene rings is 1. The Balaban J connectivity index is 1.51. The summed E-state index contributed by atoms with van der Waals surface area (Å²) in [4.78, 5) is 14.4. The molecule has 0 bridgehead atoms. The van der Waals surface area contributed by atoms with Crippen molar-refractivity contribution in [3.63, 3.8) is 0 Å². The first-order valence-electron chi connectivity index (χ1n) is 10.9. The van der Waals surface area contributed by atoms with Gasteiger partial charge in [0.05, 0.1) is 0 Å². The fraction of sp³-hybridized carbons (Fsp3) is 0.696. The second-order valence-electron chi connectivity index (χ2n) is 8.72. The molecule has 2 atom stereocenters. The molecule has 162 valence electrons. The highest BCUT2D eigenvalue weighted by Crippen LogP contribution is 2.32. The summed E-state index contributed by atoms with van der Waals surface area (Å²) < 4.78 is 23.2.